The third-order valence-corrected chi connectivity index (χ3v) is 7.75. The minimum atomic E-state index is -0.296. The molecule has 0 radical (unpaired) electrons. The normalized spacial score (nSPS) is 21.3. The largest absolute Gasteiger partial charge is 0.361 e. The molecular weight excluding hydrogens is 406 g/mol. The van der Waals surface area contributed by atoms with E-state index in [0.29, 0.717) is 24.6 Å². The summed E-state index contributed by atoms with van der Waals surface area (Å²) in [6, 6.07) is 13.9. The third-order valence-electron chi connectivity index (χ3n) is 6.86. The second-order valence-electron chi connectivity index (χ2n) is 8.66. The Hall–Kier alpha value is -2.69. The van der Waals surface area contributed by atoms with Gasteiger partial charge in [-0.25, -0.2) is 4.72 Å². The molecule has 1 aliphatic carbocycles. The van der Waals surface area contributed by atoms with E-state index in [4.69, 9.17) is 0 Å². The van der Waals surface area contributed by atoms with Crippen molar-refractivity contribution >= 4 is 28.8 Å². The number of amides is 1. The highest BCUT2D eigenvalue weighted by molar-refractivity contribution is 7.97. The predicted octanol–water partition coefficient (Wildman–Crippen LogP) is 4.16. The van der Waals surface area contributed by atoms with Gasteiger partial charge < -0.3 is 14.5 Å². The number of rotatable bonds is 7. The molecule has 2 aromatic heterocycles. The van der Waals surface area contributed by atoms with E-state index >= 15 is 0 Å². The van der Waals surface area contributed by atoms with Gasteiger partial charge in [-0.1, -0.05) is 6.07 Å². The van der Waals surface area contributed by atoms with E-state index in [1.807, 2.05) is 29.1 Å². The van der Waals surface area contributed by atoms with Gasteiger partial charge in [0.2, 0.25) is 5.91 Å². The van der Waals surface area contributed by atoms with Crippen LogP contribution >= 0.6 is 11.9 Å². The number of fused-ring (bicyclic) bond motifs is 2. The van der Waals surface area contributed by atoms with Crippen molar-refractivity contribution in [2.24, 2.45) is 11.8 Å². The number of hydrogen-bond acceptors (Lipinski definition) is 4. The van der Waals surface area contributed by atoms with Crippen molar-refractivity contribution < 1.29 is 4.79 Å². The van der Waals surface area contributed by atoms with Crippen LogP contribution in [0.2, 0.25) is 0 Å². The lowest BCUT2D eigenvalue weighted by atomic mass is 9.69. The van der Waals surface area contributed by atoms with Crippen molar-refractivity contribution in [2.75, 3.05) is 13.1 Å². The van der Waals surface area contributed by atoms with Crippen molar-refractivity contribution in [3.63, 3.8) is 0 Å². The fraction of sp³-hybridized carbons (Fsp3) is 0.417. The number of likely N-dealkylation sites (tertiary alicyclic amines) is 1. The Morgan fingerprint density at radius 3 is 2.97 bits per heavy atom. The molecule has 3 aromatic rings. The summed E-state index contributed by atoms with van der Waals surface area (Å²) < 4.78 is 5.38. The molecular formula is C24H27N5OS. The number of carbonyl (C=O) groups excluding carboxylic acids is 1. The molecule has 7 heteroatoms. The van der Waals surface area contributed by atoms with E-state index in [1.54, 1.807) is 0 Å². The maximum absolute atomic E-state index is 13.5. The Bertz CT molecular complexity index is 1110. The number of aromatic nitrogens is 2. The number of nitrogens with one attached hydrogen (secondary N) is 2. The van der Waals surface area contributed by atoms with Crippen molar-refractivity contribution in [3.8, 4) is 6.07 Å². The number of nitrogens with zero attached hydrogens (tertiary/aromatic N) is 3. The zero-order valence-corrected chi connectivity index (χ0v) is 18.3. The SMILES string of the molecule is N#Cc1cccn1CCC(NSc1ccc2cc[nH]c2c1)C(=O)N1CCC2CCC2C1. The minimum absolute atomic E-state index is 0.185. The highest BCUT2D eigenvalue weighted by Crippen LogP contribution is 2.40. The molecule has 3 unspecified atom stereocenters. The fourth-order valence-corrected chi connectivity index (χ4v) is 5.63. The van der Waals surface area contributed by atoms with Crippen LogP contribution in [0.4, 0.5) is 0 Å². The van der Waals surface area contributed by atoms with Gasteiger partial charge in [-0.2, -0.15) is 5.26 Å². The fourth-order valence-electron chi connectivity index (χ4n) is 4.82. The van der Waals surface area contributed by atoms with Crippen LogP contribution in [0.25, 0.3) is 10.9 Å². The minimum Gasteiger partial charge on any atom is -0.361 e. The maximum atomic E-state index is 13.5. The first-order valence-corrected chi connectivity index (χ1v) is 11.9. The van der Waals surface area contributed by atoms with Crippen molar-refractivity contribution in [1.82, 2.24) is 19.2 Å². The third kappa shape index (κ3) is 4.23. The van der Waals surface area contributed by atoms with Gasteiger partial charge in [0, 0.05) is 42.4 Å². The zero-order chi connectivity index (χ0) is 21.2. The van der Waals surface area contributed by atoms with Gasteiger partial charge >= 0.3 is 0 Å². The summed E-state index contributed by atoms with van der Waals surface area (Å²) in [5.41, 5.74) is 1.72. The molecule has 0 spiro atoms. The number of H-pyrrole nitrogens is 1. The first-order valence-electron chi connectivity index (χ1n) is 11.0. The van der Waals surface area contributed by atoms with Gasteiger partial charge in [0.15, 0.2) is 0 Å². The summed E-state index contributed by atoms with van der Waals surface area (Å²) in [5, 5.41) is 10.5. The highest BCUT2D eigenvalue weighted by atomic mass is 32.2. The van der Waals surface area contributed by atoms with E-state index in [1.165, 1.54) is 30.2 Å². The number of hydrogen-bond donors (Lipinski definition) is 2. The van der Waals surface area contributed by atoms with Crippen molar-refractivity contribution in [1.29, 1.82) is 5.26 Å². The van der Waals surface area contributed by atoms with Crippen LogP contribution in [0.15, 0.2) is 53.7 Å². The molecule has 160 valence electrons. The van der Waals surface area contributed by atoms with Crippen LogP contribution in [0, 0.1) is 23.2 Å². The molecule has 5 rings (SSSR count). The zero-order valence-electron chi connectivity index (χ0n) is 17.5. The van der Waals surface area contributed by atoms with E-state index < -0.39 is 0 Å². The summed E-state index contributed by atoms with van der Waals surface area (Å²) in [6.45, 7) is 2.40. The number of aryl methyl sites for hydroxylation is 1. The lowest BCUT2D eigenvalue weighted by molar-refractivity contribution is -0.137. The van der Waals surface area contributed by atoms with Gasteiger partial charge in [-0.15, -0.1) is 0 Å². The van der Waals surface area contributed by atoms with Crippen LogP contribution in [-0.2, 0) is 11.3 Å². The Balaban J connectivity index is 1.28. The molecule has 3 heterocycles. The maximum Gasteiger partial charge on any atom is 0.240 e. The lowest BCUT2D eigenvalue weighted by Crippen LogP contribution is -2.52. The average Bonchev–Trinajstić information content (AvgIpc) is 3.42. The molecule has 2 N–H and O–H groups in total. The molecule has 2 aliphatic rings. The second-order valence-corrected chi connectivity index (χ2v) is 9.57. The van der Waals surface area contributed by atoms with Crippen LogP contribution in [-0.4, -0.2) is 39.5 Å². The van der Waals surface area contributed by atoms with Crippen molar-refractivity contribution in [3.05, 3.63) is 54.5 Å². The first kappa shape index (κ1) is 20.2. The summed E-state index contributed by atoms with van der Waals surface area (Å²) >= 11 is 1.51. The van der Waals surface area contributed by atoms with Gasteiger partial charge in [-0.05, 0) is 85.2 Å². The number of aromatic amines is 1. The lowest BCUT2D eigenvalue weighted by Gasteiger charge is -2.46. The van der Waals surface area contributed by atoms with E-state index in [2.05, 4.69) is 44.9 Å². The van der Waals surface area contributed by atoms with Crippen LogP contribution < -0.4 is 4.72 Å². The molecule has 1 aromatic carbocycles. The van der Waals surface area contributed by atoms with Gasteiger partial charge in [0.25, 0.3) is 0 Å². The summed E-state index contributed by atoms with van der Waals surface area (Å²) in [4.78, 5) is 19.8. The first-order chi connectivity index (χ1) is 15.2. The van der Waals surface area contributed by atoms with Gasteiger partial charge in [-0.3, -0.25) is 4.79 Å². The Labute approximate surface area is 186 Å². The van der Waals surface area contributed by atoms with Gasteiger partial charge in [0.05, 0.1) is 6.04 Å². The summed E-state index contributed by atoms with van der Waals surface area (Å²) in [7, 11) is 0. The molecule has 31 heavy (non-hydrogen) atoms. The molecule has 1 amide bonds. The number of piperidine rings is 1. The standard InChI is InChI=1S/C24H27N5OS/c25-15-20-2-1-11-28(20)13-9-22(24(30)29-12-8-17-3-4-19(17)16-29)27-31-21-6-5-18-7-10-26-23(18)14-21/h1-2,5-7,10-11,14,17,19,22,26-27H,3-4,8-9,12-13,16H2. The predicted molar refractivity (Wildman–Crippen MR) is 122 cm³/mol. The molecule has 3 atom stereocenters. The Morgan fingerprint density at radius 1 is 1.26 bits per heavy atom. The molecule has 0 bridgehead atoms. The Morgan fingerprint density at radius 2 is 2.16 bits per heavy atom. The topological polar surface area (TPSA) is 76.8 Å². The van der Waals surface area contributed by atoms with Crippen LogP contribution in [0.3, 0.4) is 0 Å². The molecule has 1 aliphatic heterocycles. The summed E-state index contributed by atoms with van der Waals surface area (Å²) in [5.74, 6) is 1.70. The highest BCUT2D eigenvalue weighted by Gasteiger charge is 2.38. The van der Waals surface area contributed by atoms with Gasteiger partial charge in [0.1, 0.15) is 11.8 Å². The van der Waals surface area contributed by atoms with E-state index in [-0.39, 0.29) is 11.9 Å². The number of carbonyl (C=O) groups is 1. The smallest absolute Gasteiger partial charge is 0.240 e. The number of nitriles is 1. The molecule has 1 saturated carbocycles. The van der Waals surface area contributed by atoms with E-state index in [9.17, 15) is 10.1 Å². The number of benzene rings is 1. The van der Waals surface area contributed by atoms with Crippen LogP contribution in [0.1, 0.15) is 31.4 Å². The molecule has 1 saturated heterocycles. The Kier molecular flexibility index (Phi) is 5.75. The molecule has 2 fully saturated rings. The second kappa shape index (κ2) is 8.81. The quantitative estimate of drug-likeness (QED) is 0.549. The monoisotopic (exact) mass is 433 g/mol. The van der Waals surface area contributed by atoms with Crippen molar-refractivity contribution in [2.45, 2.75) is 43.2 Å². The summed E-state index contributed by atoms with van der Waals surface area (Å²) in [6.07, 6.45) is 8.21. The van der Waals surface area contributed by atoms with E-state index in [0.717, 1.165) is 35.8 Å². The van der Waals surface area contributed by atoms with Crippen LogP contribution in [0.5, 0.6) is 0 Å². The molecule has 6 nitrogen and oxygen atoms in total. The average molecular weight is 434 g/mol.